The molecule has 0 atom stereocenters. The molecule has 0 aliphatic rings. The van der Waals surface area contributed by atoms with Crippen LogP contribution in [0.5, 0.6) is 0 Å². The first-order valence-corrected chi connectivity index (χ1v) is 8.02. The number of hydrogen-bond donors (Lipinski definition) is 1. The highest BCUT2D eigenvalue weighted by molar-refractivity contribution is 7.99. The van der Waals surface area contributed by atoms with Gasteiger partial charge in [-0.05, 0) is 30.0 Å². The van der Waals surface area contributed by atoms with Crippen molar-refractivity contribution in [2.75, 3.05) is 11.1 Å². The molecule has 0 bridgehead atoms. The first-order chi connectivity index (χ1) is 11.2. The van der Waals surface area contributed by atoms with E-state index in [0.717, 1.165) is 10.6 Å². The third kappa shape index (κ3) is 3.42. The molecule has 3 rings (SSSR count). The van der Waals surface area contributed by atoms with Gasteiger partial charge in [-0.15, -0.1) is 16.9 Å². The Morgan fingerprint density at radius 3 is 2.96 bits per heavy atom. The van der Waals surface area contributed by atoms with E-state index in [4.69, 9.17) is 4.42 Å². The predicted molar refractivity (Wildman–Crippen MR) is 87.3 cm³/mol. The number of hydrogen-bond acceptors (Lipinski definition) is 6. The SMILES string of the molecule is CCSc1cccc(C(=O)Nc2nnc(-c3ccnn3C)o2)c1. The fourth-order valence-electron chi connectivity index (χ4n) is 2.02. The molecular formula is C15H15N5O2S. The Morgan fingerprint density at radius 1 is 1.35 bits per heavy atom. The van der Waals surface area contributed by atoms with Crippen molar-refractivity contribution in [3.63, 3.8) is 0 Å². The molecule has 0 aliphatic carbocycles. The number of carbonyl (C=O) groups is 1. The molecule has 23 heavy (non-hydrogen) atoms. The van der Waals surface area contributed by atoms with E-state index < -0.39 is 0 Å². The van der Waals surface area contributed by atoms with Gasteiger partial charge in [-0.3, -0.25) is 14.8 Å². The van der Waals surface area contributed by atoms with Crippen molar-refractivity contribution < 1.29 is 9.21 Å². The Bertz CT molecular complexity index is 827. The van der Waals surface area contributed by atoms with Gasteiger partial charge < -0.3 is 4.42 Å². The topological polar surface area (TPSA) is 85.8 Å². The van der Waals surface area contributed by atoms with Crippen molar-refractivity contribution in [1.29, 1.82) is 0 Å². The van der Waals surface area contributed by atoms with Crippen LogP contribution < -0.4 is 5.32 Å². The van der Waals surface area contributed by atoms with Crippen LogP contribution in [0.4, 0.5) is 6.01 Å². The Kier molecular flexibility index (Phi) is 4.42. The normalized spacial score (nSPS) is 10.7. The van der Waals surface area contributed by atoms with E-state index in [1.54, 1.807) is 41.8 Å². The van der Waals surface area contributed by atoms with E-state index in [1.807, 2.05) is 18.2 Å². The van der Waals surface area contributed by atoms with Gasteiger partial charge in [0, 0.05) is 23.7 Å². The zero-order valence-electron chi connectivity index (χ0n) is 12.7. The Hall–Kier alpha value is -2.61. The largest absolute Gasteiger partial charge is 0.401 e. The molecule has 3 aromatic rings. The maximum absolute atomic E-state index is 12.3. The number of aromatic nitrogens is 4. The molecule has 0 radical (unpaired) electrons. The van der Waals surface area contributed by atoms with Crippen LogP contribution in [-0.4, -0.2) is 31.6 Å². The highest BCUT2D eigenvalue weighted by atomic mass is 32.2. The number of amides is 1. The minimum absolute atomic E-state index is 0.0553. The second kappa shape index (κ2) is 6.66. The van der Waals surface area contributed by atoms with Crippen LogP contribution in [0.15, 0.2) is 45.8 Å². The van der Waals surface area contributed by atoms with Gasteiger partial charge in [0.05, 0.1) is 0 Å². The predicted octanol–water partition coefficient (Wildman–Crippen LogP) is 2.83. The molecule has 0 aliphatic heterocycles. The van der Waals surface area contributed by atoms with Crippen LogP contribution in [-0.2, 0) is 7.05 Å². The molecule has 0 spiro atoms. The summed E-state index contributed by atoms with van der Waals surface area (Å²) in [6.07, 6.45) is 1.63. The zero-order valence-corrected chi connectivity index (χ0v) is 13.5. The standard InChI is InChI=1S/C15H15N5O2S/c1-3-23-11-6-4-5-10(9-11)13(21)17-15-19-18-14(22-15)12-7-8-16-20(12)2/h4-9H,3H2,1-2H3,(H,17,19,21). The highest BCUT2D eigenvalue weighted by Gasteiger charge is 2.14. The summed E-state index contributed by atoms with van der Waals surface area (Å²) in [5, 5.41) is 14.4. The summed E-state index contributed by atoms with van der Waals surface area (Å²) in [5.41, 5.74) is 1.23. The van der Waals surface area contributed by atoms with Gasteiger partial charge in [0.25, 0.3) is 11.8 Å². The zero-order chi connectivity index (χ0) is 16.2. The lowest BCUT2D eigenvalue weighted by molar-refractivity contribution is 0.102. The average molecular weight is 329 g/mol. The fourth-order valence-corrected chi connectivity index (χ4v) is 2.74. The van der Waals surface area contributed by atoms with E-state index in [1.165, 1.54) is 0 Å². The van der Waals surface area contributed by atoms with E-state index in [0.29, 0.717) is 17.1 Å². The molecule has 1 aromatic carbocycles. The smallest absolute Gasteiger partial charge is 0.322 e. The van der Waals surface area contributed by atoms with Crippen molar-refractivity contribution in [3.8, 4) is 11.6 Å². The Labute approximate surface area is 137 Å². The monoisotopic (exact) mass is 329 g/mol. The average Bonchev–Trinajstić information content (AvgIpc) is 3.16. The highest BCUT2D eigenvalue weighted by Crippen LogP contribution is 2.21. The molecule has 0 fully saturated rings. The molecule has 0 saturated carbocycles. The van der Waals surface area contributed by atoms with Crippen LogP contribution in [0.2, 0.25) is 0 Å². The van der Waals surface area contributed by atoms with Crippen molar-refractivity contribution in [2.24, 2.45) is 7.05 Å². The lowest BCUT2D eigenvalue weighted by Gasteiger charge is -2.03. The minimum Gasteiger partial charge on any atom is -0.401 e. The number of nitrogens with one attached hydrogen (secondary N) is 1. The maximum Gasteiger partial charge on any atom is 0.322 e. The van der Waals surface area contributed by atoms with Gasteiger partial charge in [0.2, 0.25) is 0 Å². The van der Waals surface area contributed by atoms with Crippen LogP contribution in [0.3, 0.4) is 0 Å². The molecule has 0 unspecified atom stereocenters. The van der Waals surface area contributed by atoms with Crippen LogP contribution >= 0.6 is 11.8 Å². The summed E-state index contributed by atoms with van der Waals surface area (Å²) in [5.74, 6) is 0.961. The van der Waals surface area contributed by atoms with Gasteiger partial charge in [-0.2, -0.15) is 5.10 Å². The second-order valence-corrected chi connectivity index (χ2v) is 6.00. The lowest BCUT2D eigenvalue weighted by atomic mass is 10.2. The van der Waals surface area contributed by atoms with E-state index in [2.05, 4.69) is 27.5 Å². The lowest BCUT2D eigenvalue weighted by Crippen LogP contribution is -2.12. The summed E-state index contributed by atoms with van der Waals surface area (Å²) in [6, 6.07) is 9.21. The van der Waals surface area contributed by atoms with Gasteiger partial charge in [0.15, 0.2) is 0 Å². The number of aryl methyl sites for hydroxylation is 1. The quantitative estimate of drug-likeness (QED) is 0.724. The molecule has 2 heterocycles. The summed E-state index contributed by atoms with van der Waals surface area (Å²) >= 11 is 1.68. The fraction of sp³-hybridized carbons (Fsp3) is 0.200. The van der Waals surface area contributed by atoms with Gasteiger partial charge in [-0.1, -0.05) is 18.1 Å². The Morgan fingerprint density at radius 2 is 2.22 bits per heavy atom. The third-order valence-electron chi connectivity index (χ3n) is 3.09. The van der Waals surface area contributed by atoms with Crippen LogP contribution in [0, 0.1) is 0 Å². The third-order valence-corrected chi connectivity index (χ3v) is 3.97. The van der Waals surface area contributed by atoms with Crippen LogP contribution in [0.25, 0.3) is 11.6 Å². The molecule has 1 amide bonds. The van der Waals surface area contributed by atoms with Crippen molar-refractivity contribution in [1.82, 2.24) is 20.0 Å². The van der Waals surface area contributed by atoms with E-state index in [9.17, 15) is 4.79 Å². The second-order valence-electron chi connectivity index (χ2n) is 4.67. The van der Waals surface area contributed by atoms with E-state index in [-0.39, 0.29) is 11.9 Å². The number of carbonyl (C=O) groups excluding carboxylic acids is 1. The van der Waals surface area contributed by atoms with Gasteiger partial charge in [0.1, 0.15) is 5.69 Å². The summed E-state index contributed by atoms with van der Waals surface area (Å²) in [7, 11) is 1.77. The van der Waals surface area contributed by atoms with Gasteiger partial charge in [-0.25, -0.2) is 0 Å². The molecule has 118 valence electrons. The molecule has 8 heteroatoms. The molecular weight excluding hydrogens is 314 g/mol. The van der Waals surface area contributed by atoms with Crippen molar-refractivity contribution in [2.45, 2.75) is 11.8 Å². The molecule has 2 aromatic heterocycles. The van der Waals surface area contributed by atoms with Crippen molar-refractivity contribution in [3.05, 3.63) is 42.1 Å². The first kappa shape index (κ1) is 15.3. The minimum atomic E-state index is -0.288. The molecule has 1 N–H and O–H groups in total. The molecule has 7 nitrogen and oxygen atoms in total. The van der Waals surface area contributed by atoms with E-state index >= 15 is 0 Å². The summed E-state index contributed by atoms with van der Waals surface area (Å²) in [6.45, 7) is 2.07. The number of benzene rings is 1. The number of nitrogens with zero attached hydrogens (tertiary/aromatic N) is 4. The number of anilines is 1. The van der Waals surface area contributed by atoms with Crippen molar-refractivity contribution >= 4 is 23.7 Å². The first-order valence-electron chi connectivity index (χ1n) is 7.03. The summed E-state index contributed by atoms with van der Waals surface area (Å²) < 4.78 is 7.07. The number of rotatable bonds is 5. The number of thioether (sulfide) groups is 1. The molecule has 0 saturated heterocycles. The van der Waals surface area contributed by atoms with Gasteiger partial charge >= 0.3 is 6.01 Å². The maximum atomic E-state index is 12.3. The van der Waals surface area contributed by atoms with Crippen LogP contribution in [0.1, 0.15) is 17.3 Å². The Balaban J connectivity index is 1.75. The summed E-state index contributed by atoms with van der Waals surface area (Å²) in [4.78, 5) is 13.3.